The van der Waals surface area contributed by atoms with Crippen molar-refractivity contribution in [3.05, 3.63) is 0 Å². The Morgan fingerprint density at radius 3 is 2.27 bits per heavy atom. The lowest BCUT2D eigenvalue weighted by Crippen LogP contribution is -2.32. The van der Waals surface area contributed by atoms with Crippen LogP contribution in [0.5, 0.6) is 0 Å². The molecule has 0 aromatic heterocycles. The Balaban J connectivity index is 2.07. The van der Waals surface area contributed by atoms with Crippen LogP contribution in [0.15, 0.2) is 0 Å². The molecule has 11 heavy (non-hydrogen) atoms. The van der Waals surface area contributed by atoms with Gasteiger partial charge in [-0.1, -0.05) is 0 Å². The molecule has 0 aromatic rings. The number of rotatable bonds is 3. The Labute approximate surface area is 65.0 Å². The summed E-state index contributed by atoms with van der Waals surface area (Å²) in [5.74, 6) is -0.539. The molecule has 0 bridgehead atoms. The fourth-order valence-corrected chi connectivity index (χ4v) is 1.95. The molecule has 0 aromatic carbocycles. The summed E-state index contributed by atoms with van der Waals surface area (Å²) in [4.78, 5) is 10.5. The Morgan fingerprint density at radius 1 is 1.45 bits per heavy atom. The molecule has 0 radical (unpaired) electrons. The molecule has 2 saturated carbocycles. The zero-order valence-electron chi connectivity index (χ0n) is 6.29. The first kappa shape index (κ1) is 7.10. The van der Waals surface area contributed by atoms with E-state index in [1.54, 1.807) is 0 Å². The third-order valence-corrected chi connectivity index (χ3v) is 3.00. The Hall–Kier alpha value is -0.570. The second kappa shape index (κ2) is 1.97. The zero-order chi connectivity index (χ0) is 8.06. The molecule has 0 spiro atoms. The number of aliphatic carboxylic acids is 1. The van der Waals surface area contributed by atoms with Crippen molar-refractivity contribution in [3.8, 4) is 0 Å². The molecular formula is C8H12O3. The molecule has 2 rings (SSSR count). The maximum absolute atomic E-state index is 10.5. The summed E-state index contributed by atoms with van der Waals surface area (Å²) >= 11 is 0. The number of aliphatic hydroxyl groups is 1. The lowest BCUT2D eigenvalue weighted by atomic mass is 9.93. The van der Waals surface area contributed by atoms with Gasteiger partial charge in [-0.3, -0.25) is 0 Å². The molecule has 2 aliphatic rings. The third-order valence-electron chi connectivity index (χ3n) is 3.00. The summed E-state index contributed by atoms with van der Waals surface area (Å²) in [6, 6.07) is 0. The summed E-state index contributed by atoms with van der Waals surface area (Å²) in [5.41, 5.74) is -0.203. The second-order valence-corrected chi connectivity index (χ2v) is 3.75. The van der Waals surface area contributed by atoms with Gasteiger partial charge in [0.15, 0.2) is 6.10 Å². The van der Waals surface area contributed by atoms with Gasteiger partial charge in [0, 0.05) is 5.41 Å². The molecule has 0 amide bonds. The summed E-state index contributed by atoms with van der Waals surface area (Å²) in [7, 11) is 0. The van der Waals surface area contributed by atoms with Crippen molar-refractivity contribution < 1.29 is 15.0 Å². The molecule has 1 unspecified atom stereocenters. The van der Waals surface area contributed by atoms with Crippen LogP contribution in [0.2, 0.25) is 0 Å². The van der Waals surface area contributed by atoms with E-state index in [2.05, 4.69) is 0 Å². The highest BCUT2D eigenvalue weighted by molar-refractivity contribution is 5.74. The highest BCUT2D eigenvalue weighted by Gasteiger charge is 2.60. The number of carbonyl (C=O) groups is 1. The van der Waals surface area contributed by atoms with E-state index >= 15 is 0 Å². The van der Waals surface area contributed by atoms with Crippen LogP contribution in [-0.2, 0) is 4.79 Å². The molecule has 2 fully saturated rings. The van der Waals surface area contributed by atoms with Crippen molar-refractivity contribution in [1.82, 2.24) is 0 Å². The molecule has 1 atom stereocenters. The maximum atomic E-state index is 10.5. The highest BCUT2D eigenvalue weighted by atomic mass is 16.4. The average molecular weight is 156 g/mol. The van der Waals surface area contributed by atoms with Crippen molar-refractivity contribution in [2.45, 2.75) is 31.8 Å². The first-order valence-electron chi connectivity index (χ1n) is 4.08. The minimum absolute atomic E-state index is 0.203. The lowest BCUT2D eigenvalue weighted by molar-refractivity contribution is -0.151. The van der Waals surface area contributed by atoms with Gasteiger partial charge < -0.3 is 10.2 Å². The van der Waals surface area contributed by atoms with Gasteiger partial charge >= 0.3 is 5.97 Å². The molecule has 0 aliphatic heterocycles. The van der Waals surface area contributed by atoms with Gasteiger partial charge in [0.25, 0.3) is 0 Å². The predicted octanol–water partition coefficient (Wildman–Crippen LogP) is 0.622. The fourth-order valence-electron chi connectivity index (χ4n) is 1.95. The van der Waals surface area contributed by atoms with E-state index in [9.17, 15) is 9.90 Å². The summed E-state index contributed by atoms with van der Waals surface area (Å²) in [6.07, 6.45) is 2.94. The first-order chi connectivity index (χ1) is 5.17. The van der Waals surface area contributed by atoms with E-state index in [-0.39, 0.29) is 5.41 Å². The molecule has 3 heteroatoms. The first-order valence-corrected chi connectivity index (χ1v) is 4.08. The van der Waals surface area contributed by atoms with Gasteiger partial charge in [-0.25, -0.2) is 4.79 Å². The Bertz CT molecular complexity index is 192. The highest BCUT2D eigenvalue weighted by Crippen LogP contribution is 2.63. The van der Waals surface area contributed by atoms with Crippen molar-refractivity contribution in [3.63, 3.8) is 0 Å². The molecule has 2 N–H and O–H groups in total. The number of carboxylic acids is 1. The van der Waals surface area contributed by atoms with Crippen LogP contribution in [0.1, 0.15) is 25.7 Å². The van der Waals surface area contributed by atoms with Crippen LogP contribution in [-0.4, -0.2) is 22.3 Å². The summed E-state index contributed by atoms with van der Waals surface area (Å²) in [5, 5.41) is 17.9. The third kappa shape index (κ3) is 0.948. The van der Waals surface area contributed by atoms with Gasteiger partial charge in [-0.2, -0.15) is 0 Å². The summed E-state index contributed by atoms with van der Waals surface area (Å²) < 4.78 is 0. The van der Waals surface area contributed by atoms with Crippen LogP contribution < -0.4 is 0 Å². The van der Waals surface area contributed by atoms with Crippen LogP contribution >= 0.6 is 0 Å². The van der Waals surface area contributed by atoms with Crippen molar-refractivity contribution in [2.75, 3.05) is 0 Å². The molecule has 2 aliphatic carbocycles. The van der Waals surface area contributed by atoms with Crippen LogP contribution in [0.25, 0.3) is 0 Å². The largest absolute Gasteiger partial charge is 0.479 e. The van der Waals surface area contributed by atoms with Gasteiger partial charge in [0.2, 0.25) is 0 Å². The normalized spacial score (nSPS) is 29.5. The number of hydrogen-bond donors (Lipinski definition) is 2. The van der Waals surface area contributed by atoms with Crippen LogP contribution in [0, 0.1) is 11.3 Å². The zero-order valence-corrected chi connectivity index (χ0v) is 6.29. The topological polar surface area (TPSA) is 57.5 Å². The number of aliphatic hydroxyl groups excluding tert-OH is 1. The number of carboxylic acid groups (broad SMARTS) is 1. The van der Waals surface area contributed by atoms with E-state index in [4.69, 9.17) is 5.11 Å². The smallest absolute Gasteiger partial charge is 0.333 e. The molecule has 62 valence electrons. The van der Waals surface area contributed by atoms with E-state index in [0.29, 0.717) is 5.92 Å². The van der Waals surface area contributed by atoms with E-state index < -0.39 is 12.1 Å². The lowest BCUT2D eigenvalue weighted by Gasteiger charge is -2.17. The minimum atomic E-state index is -1.10. The quantitative estimate of drug-likeness (QED) is 0.629. The standard InChI is InChI=1S/C8H12O3/c9-6(7(10)11)8(3-4-8)5-1-2-5/h5-6,9H,1-4H2,(H,10,11). The van der Waals surface area contributed by atoms with Crippen LogP contribution in [0.3, 0.4) is 0 Å². The molecule has 0 heterocycles. The molecule has 3 nitrogen and oxygen atoms in total. The Kier molecular flexibility index (Phi) is 1.27. The Morgan fingerprint density at radius 2 is 2.00 bits per heavy atom. The average Bonchev–Trinajstić information content (AvgIpc) is 2.79. The van der Waals surface area contributed by atoms with E-state index in [1.165, 1.54) is 0 Å². The van der Waals surface area contributed by atoms with Gasteiger partial charge in [0.05, 0.1) is 0 Å². The SMILES string of the molecule is O=C(O)C(O)C1(C2CC2)CC1. The van der Waals surface area contributed by atoms with Crippen molar-refractivity contribution in [2.24, 2.45) is 11.3 Å². The fraction of sp³-hybridized carbons (Fsp3) is 0.875. The van der Waals surface area contributed by atoms with Gasteiger partial charge in [-0.15, -0.1) is 0 Å². The summed E-state index contributed by atoms with van der Waals surface area (Å²) in [6.45, 7) is 0. The van der Waals surface area contributed by atoms with Crippen LogP contribution in [0.4, 0.5) is 0 Å². The minimum Gasteiger partial charge on any atom is -0.479 e. The molecule has 0 saturated heterocycles. The maximum Gasteiger partial charge on any atom is 0.333 e. The van der Waals surface area contributed by atoms with Gasteiger partial charge in [0.1, 0.15) is 0 Å². The monoisotopic (exact) mass is 156 g/mol. The number of hydrogen-bond acceptors (Lipinski definition) is 2. The predicted molar refractivity (Wildman–Crippen MR) is 38.0 cm³/mol. The van der Waals surface area contributed by atoms with Crippen molar-refractivity contribution in [1.29, 1.82) is 0 Å². The second-order valence-electron chi connectivity index (χ2n) is 3.75. The van der Waals surface area contributed by atoms with Gasteiger partial charge in [-0.05, 0) is 31.6 Å². The van der Waals surface area contributed by atoms with E-state index in [0.717, 1.165) is 25.7 Å². The molecular weight excluding hydrogens is 144 g/mol. The van der Waals surface area contributed by atoms with Crippen molar-refractivity contribution >= 4 is 5.97 Å². The van der Waals surface area contributed by atoms with E-state index in [1.807, 2.05) is 0 Å².